The number of hydrogen-bond donors (Lipinski definition) is 2. The first kappa shape index (κ1) is 19.3. The number of hydrogen-bond acceptors (Lipinski definition) is 4. The Morgan fingerprint density at radius 3 is 2.36 bits per heavy atom. The summed E-state index contributed by atoms with van der Waals surface area (Å²) >= 11 is 0. The van der Waals surface area contributed by atoms with Gasteiger partial charge in [-0.1, -0.05) is 12.1 Å². The predicted molar refractivity (Wildman–Crippen MR) is 108 cm³/mol. The zero-order valence-corrected chi connectivity index (χ0v) is 16.4. The third-order valence-electron chi connectivity index (χ3n) is 4.62. The first-order valence-electron chi connectivity index (χ1n) is 8.95. The number of amides is 2. The topological polar surface area (TPSA) is 98.0 Å². The fourth-order valence-corrected chi connectivity index (χ4v) is 2.95. The zero-order chi connectivity index (χ0) is 20.4. The van der Waals surface area contributed by atoms with Gasteiger partial charge in [0.1, 0.15) is 5.82 Å². The molecule has 3 aromatic rings. The van der Waals surface area contributed by atoms with Gasteiger partial charge in [-0.15, -0.1) is 0 Å². The van der Waals surface area contributed by atoms with Crippen LogP contribution in [0.5, 0.6) is 0 Å². The van der Waals surface area contributed by atoms with Crippen LogP contribution in [0.25, 0.3) is 11.2 Å². The molecule has 0 bridgehead atoms. The van der Waals surface area contributed by atoms with Crippen LogP contribution in [0.15, 0.2) is 35.1 Å². The summed E-state index contributed by atoms with van der Waals surface area (Å²) in [5, 5.41) is 5.51. The molecule has 0 atom stereocenters. The van der Waals surface area contributed by atoms with Crippen molar-refractivity contribution in [2.45, 2.75) is 26.7 Å². The van der Waals surface area contributed by atoms with E-state index in [9.17, 15) is 14.4 Å². The molecule has 1 aromatic carbocycles. The van der Waals surface area contributed by atoms with Gasteiger partial charge < -0.3 is 10.6 Å². The molecule has 0 aliphatic rings. The van der Waals surface area contributed by atoms with Gasteiger partial charge in [-0.2, -0.15) is 0 Å². The standard InChI is InChI=1S/C20H23N5O3/c1-12-5-6-13(2)14(11-12)21-17(26)9-10-18(27)22-16-8-7-15-19(23-16)25(4)20(28)24(15)3/h5-8,11H,9-10H2,1-4H3,(H,21,26)(H,22,23,27). The molecule has 2 heterocycles. The number of fused-ring (bicyclic) bond motifs is 1. The SMILES string of the molecule is Cc1ccc(C)c(NC(=O)CCC(=O)Nc2ccc3c(n2)n(C)c(=O)n3C)c1. The van der Waals surface area contributed by atoms with Crippen LogP contribution in [0.3, 0.4) is 0 Å². The lowest BCUT2D eigenvalue weighted by Crippen LogP contribution is -2.19. The summed E-state index contributed by atoms with van der Waals surface area (Å²) < 4.78 is 2.91. The number of nitrogens with zero attached hydrogens (tertiary/aromatic N) is 3. The number of aryl methyl sites for hydroxylation is 4. The number of benzene rings is 1. The molecule has 2 N–H and O–H groups in total. The van der Waals surface area contributed by atoms with E-state index in [1.807, 2.05) is 32.0 Å². The van der Waals surface area contributed by atoms with Crippen molar-refractivity contribution in [3.05, 3.63) is 51.9 Å². The van der Waals surface area contributed by atoms with Crippen LogP contribution in [-0.2, 0) is 23.7 Å². The third-order valence-corrected chi connectivity index (χ3v) is 4.62. The molecule has 0 saturated carbocycles. The van der Waals surface area contributed by atoms with E-state index < -0.39 is 0 Å². The predicted octanol–water partition coefficient (Wildman–Crippen LogP) is 2.25. The van der Waals surface area contributed by atoms with Gasteiger partial charge in [0.05, 0.1) is 5.52 Å². The average molecular weight is 381 g/mol. The zero-order valence-electron chi connectivity index (χ0n) is 16.4. The minimum Gasteiger partial charge on any atom is -0.326 e. The molecular formula is C20H23N5O3. The van der Waals surface area contributed by atoms with Gasteiger partial charge >= 0.3 is 5.69 Å². The molecule has 0 saturated heterocycles. The summed E-state index contributed by atoms with van der Waals surface area (Å²) in [4.78, 5) is 40.6. The second-order valence-corrected chi connectivity index (χ2v) is 6.85. The van der Waals surface area contributed by atoms with Gasteiger partial charge in [0.15, 0.2) is 5.65 Å². The third kappa shape index (κ3) is 3.95. The molecule has 146 valence electrons. The van der Waals surface area contributed by atoms with Crippen LogP contribution < -0.4 is 16.3 Å². The molecule has 28 heavy (non-hydrogen) atoms. The van der Waals surface area contributed by atoms with Crippen LogP contribution in [-0.4, -0.2) is 25.9 Å². The summed E-state index contributed by atoms with van der Waals surface area (Å²) in [5.41, 5.74) is 3.75. The maximum atomic E-state index is 12.2. The Morgan fingerprint density at radius 1 is 0.964 bits per heavy atom. The number of aromatic nitrogens is 3. The van der Waals surface area contributed by atoms with Crippen molar-refractivity contribution < 1.29 is 9.59 Å². The Balaban J connectivity index is 1.60. The lowest BCUT2D eigenvalue weighted by atomic mass is 10.1. The number of imidazole rings is 1. The first-order chi connectivity index (χ1) is 13.3. The fourth-order valence-electron chi connectivity index (χ4n) is 2.95. The maximum absolute atomic E-state index is 12.2. The number of anilines is 2. The fraction of sp³-hybridized carbons (Fsp3) is 0.300. The van der Waals surface area contributed by atoms with Crippen molar-refractivity contribution in [1.82, 2.24) is 14.1 Å². The quantitative estimate of drug-likeness (QED) is 0.708. The number of nitrogens with one attached hydrogen (secondary N) is 2. The minimum atomic E-state index is -0.316. The Bertz CT molecular complexity index is 1130. The van der Waals surface area contributed by atoms with E-state index in [-0.39, 0.29) is 30.3 Å². The van der Waals surface area contributed by atoms with Gasteiger partial charge in [-0.3, -0.25) is 18.7 Å². The second-order valence-electron chi connectivity index (χ2n) is 6.85. The van der Waals surface area contributed by atoms with Crippen LogP contribution in [0.4, 0.5) is 11.5 Å². The van der Waals surface area contributed by atoms with Gasteiger partial charge in [0.25, 0.3) is 0 Å². The van der Waals surface area contributed by atoms with Gasteiger partial charge in [0.2, 0.25) is 11.8 Å². The summed E-state index contributed by atoms with van der Waals surface area (Å²) in [6, 6.07) is 9.18. The minimum absolute atomic E-state index is 0.0319. The molecule has 8 heteroatoms. The number of rotatable bonds is 5. The van der Waals surface area contributed by atoms with E-state index in [1.165, 1.54) is 9.13 Å². The van der Waals surface area contributed by atoms with Crippen molar-refractivity contribution in [2.24, 2.45) is 14.1 Å². The van der Waals surface area contributed by atoms with E-state index >= 15 is 0 Å². The Morgan fingerprint density at radius 2 is 1.64 bits per heavy atom. The Hall–Kier alpha value is -3.42. The maximum Gasteiger partial charge on any atom is 0.329 e. The van der Waals surface area contributed by atoms with Gasteiger partial charge in [-0.25, -0.2) is 9.78 Å². The van der Waals surface area contributed by atoms with Crippen LogP contribution in [0.2, 0.25) is 0 Å². The highest BCUT2D eigenvalue weighted by atomic mass is 16.2. The molecule has 2 amide bonds. The molecule has 0 fully saturated rings. The normalized spacial score (nSPS) is 10.9. The lowest BCUT2D eigenvalue weighted by Gasteiger charge is -2.09. The van der Waals surface area contributed by atoms with E-state index in [4.69, 9.17) is 0 Å². The summed E-state index contributed by atoms with van der Waals surface area (Å²) in [6.07, 6.45) is 0.0927. The van der Waals surface area contributed by atoms with E-state index in [2.05, 4.69) is 15.6 Å². The molecular weight excluding hydrogens is 358 g/mol. The smallest absolute Gasteiger partial charge is 0.326 e. The number of carbonyl (C=O) groups is 2. The first-order valence-corrected chi connectivity index (χ1v) is 8.95. The highest BCUT2D eigenvalue weighted by molar-refractivity contribution is 5.97. The average Bonchev–Trinajstić information content (AvgIpc) is 2.87. The van der Waals surface area contributed by atoms with Crippen molar-refractivity contribution >= 4 is 34.5 Å². The highest BCUT2D eigenvalue weighted by Gasteiger charge is 2.12. The van der Waals surface area contributed by atoms with Gasteiger partial charge in [-0.05, 0) is 43.2 Å². The lowest BCUT2D eigenvalue weighted by molar-refractivity contribution is -0.121. The number of carbonyl (C=O) groups excluding carboxylic acids is 2. The molecule has 0 aliphatic heterocycles. The summed E-state index contributed by atoms with van der Waals surface area (Å²) in [5.74, 6) is -0.199. The van der Waals surface area contributed by atoms with Crippen LogP contribution in [0.1, 0.15) is 24.0 Å². The monoisotopic (exact) mass is 381 g/mol. The molecule has 0 spiro atoms. The van der Waals surface area contributed by atoms with E-state index in [0.29, 0.717) is 17.0 Å². The largest absolute Gasteiger partial charge is 0.329 e. The number of pyridine rings is 1. The van der Waals surface area contributed by atoms with Crippen LogP contribution >= 0.6 is 0 Å². The molecule has 3 rings (SSSR count). The Kier molecular flexibility index (Phi) is 5.30. The molecule has 0 aliphatic carbocycles. The van der Waals surface area contributed by atoms with Crippen LogP contribution in [0, 0.1) is 13.8 Å². The van der Waals surface area contributed by atoms with E-state index in [0.717, 1.165) is 16.8 Å². The highest BCUT2D eigenvalue weighted by Crippen LogP contribution is 2.17. The molecule has 0 radical (unpaired) electrons. The summed E-state index contributed by atoms with van der Waals surface area (Å²) in [6.45, 7) is 3.87. The van der Waals surface area contributed by atoms with Crippen molar-refractivity contribution in [3.8, 4) is 0 Å². The van der Waals surface area contributed by atoms with Gasteiger partial charge in [0, 0.05) is 32.6 Å². The molecule has 8 nitrogen and oxygen atoms in total. The second kappa shape index (κ2) is 7.67. The van der Waals surface area contributed by atoms with Crippen molar-refractivity contribution in [3.63, 3.8) is 0 Å². The molecule has 2 aromatic heterocycles. The molecule has 0 unspecified atom stereocenters. The van der Waals surface area contributed by atoms with Crippen molar-refractivity contribution in [2.75, 3.05) is 10.6 Å². The van der Waals surface area contributed by atoms with E-state index in [1.54, 1.807) is 26.2 Å². The Labute approximate surface area is 162 Å². The van der Waals surface area contributed by atoms with Crippen molar-refractivity contribution in [1.29, 1.82) is 0 Å². The summed E-state index contributed by atoms with van der Waals surface area (Å²) in [7, 11) is 3.29.